The summed E-state index contributed by atoms with van der Waals surface area (Å²) in [7, 11) is 6.22. The van der Waals surface area contributed by atoms with Gasteiger partial charge in [0.1, 0.15) is 12.1 Å². The Bertz CT molecular complexity index is 2340. The second-order valence-electron chi connectivity index (χ2n) is 23.0. The summed E-state index contributed by atoms with van der Waals surface area (Å²) in [6.07, 6.45) is 1.46. The van der Waals surface area contributed by atoms with E-state index in [9.17, 15) is 53.1 Å². The highest BCUT2D eigenvalue weighted by Crippen LogP contribution is 2.35. The molecule has 1 aromatic rings. The molecule has 3 aliphatic heterocycles. The minimum Gasteiger partial charge on any atom is -0.386 e. The lowest BCUT2D eigenvalue weighted by Gasteiger charge is -2.41. The number of aliphatic hydroxyl groups excluding tert-OH is 1. The van der Waals surface area contributed by atoms with Gasteiger partial charge in [0.15, 0.2) is 0 Å². The van der Waals surface area contributed by atoms with Crippen molar-refractivity contribution in [2.45, 2.75) is 186 Å². The number of thioether (sulfide) groups is 1. The number of hydroxylamine groups is 2. The summed E-state index contributed by atoms with van der Waals surface area (Å²) in [5.41, 5.74) is 0.675. The maximum absolute atomic E-state index is 14.7. The summed E-state index contributed by atoms with van der Waals surface area (Å²) in [5, 5.41) is 16.7. The first-order valence-corrected chi connectivity index (χ1v) is 29.7. The molecule has 3 heterocycles. The number of nitrogens with one attached hydrogen (secondary N) is 2. The van der Waals surface area contributed by atoms with Crippen LogP contribution in [0.25, 0.3) is 0 Å². The molecule has 0 spiro atoms. The highest BCUT2D eigenvalue weighted by Gasteiger charge is 2.45. The van der Waals surface area contributed by atoms with Crippen LogP contribution in [-0.2, 0) is 62.3 Å². The number of imide groups is 2. The van der Waals surface area contributed by atoms with E-state index in [0.717, 1.165) is 0 Å². The first kappa shape index (κ1) is 65.4. The SMILES string of the molecule is CC[C@H](C)C([C@@H](CC(=O)N1CCC[C@H]1[C@H](OC)[C@@H](C)C(=O)N[C@H](C)[C@@H](O)c1ccccc1)OC)N(C)C(=O)[C@@H](NC(=O)[C@H](C(C)C)N(C)C(=O)CCSC1CC(=O)N(CC2CCC(C(=O)ON3C(=O)CCC3=O)CC2)C1=O)C(C)C. The largest absolute Gasteiger partial charge is 0.386 e. The van der Waals surface area contributed by atoms with Gasteiger partial charge in [0.2, 0.25) is 41.4 Å². The molecular formula is C58H89N7O14S. The van der Waals surface area contributed by atoms with E-state index >= 15 is 0 Å². The molecule has 21 nitrogen and oxygen atoms in total. The summed E-state index contributed by atoms with van der Waals surface area (Å²) in [5.74, 6) is -6.06. The number of likely N-dealkylation sites (N-methyl/N-ethyl adjacent to an activating group) is 2. The van der Waals surface area contributed by atoms with Gasteiger partial charge >= 0.3 is 5.97 Å². The zero-order valence-electron chi connectivity index (χ0n) is 49.1. The Morgan fingerprint density at radius 1 is 0.800 bits per heavy atom. The minimum atomic E-state index is -1.01. The molecule has 3 saturated heterocycles. The molecule has 1 saturated carbocycles. The molecule has 4 aliphatic rings. The Hall–Kier alpha value is -5.45. The summed E-state index contributed by atoms with van der Waals surface area (Å²) in [6, 6.07) is 5.49. The lowest BCUT2D eigenvalue weighted by molar-refractivity contribution is -0.201. The van der Waals surface area contributed by atoms with E-state index in [2.05, 4.69) is 10.6 Å². The summed E-state index contributed by atoms with van der Waals surface area (Å²) in [4.78, 5) is 145. The molecule has 3 N–H and O–H groups in total. The first-order chi connectivity index (χ1) is 37.9. The molecule has 1 aliphatic carbocycles. The van der Waals surface area contributed by atoms with Crippen LogP contribution < -0.4 is 10.6 Å². The third kappa shape index (κ3) is 16.2. The molecule has 0 bridgehead atoms. The van der Waals surface area contributed by atoms with Crippen LogP contribution in [0.15, 0.2) is 30.3 Å². The molecule has 9 amide bonds. The Morgan fingerprint density at radius 3 is 2.01 bits per heavy atom. The van der Waals surface area contributed by atoms with Gasteiger partial charge in [-0.05, 0) is 74.7 Å². The topological polar surface area (TPSA) is 259 Å². The van der Waals surface area contributed by atoms with E-state index in [1.165, 1.54) is 42.8 Å². The van der Waals surface area contributed by atoms with Gasteiger partial charge in [-0.3, -0.25) is 48.1 Å². The van der Waals surface area contributed by atoms with Gasteiger partial charge in [-0.25, -0.2) is 4.79 Å². The summed E-state index contributed by atoms with van der Waals surface area (Å²) >= 11 is 1.21. The van der Waals surface area contributed by atoms with Crippen molar-refractivity contribution in [3.63, 3.8) is 0 Å². The first-order valence-electron chi connectivity index (χ1n) is 28.6. The molecule has 2 unspecified atom stereocenters. The zero-order chi connectivity index (χ0) is 59.3. The summed E-state index contributed by atoms with van der Waals surface area (Å²) in [6.45, 7) is 15.4. The van der Waals surface area contributed by atoms with Gasteiger partial charge in [-0.1, -0.05) is 85.2 Å². The van der Waals surface area contributed by atoms with Crippen molar-refractivity contribution in [3.8, 4) is 0 Å². The fourth-order valence-corrected chi connectivity index (χ4v) is 12.9. The molecule has 22 heteroatoms. The highest BCUT2D eigenvalue weighted by molar-refractivity contribution is 8.00. The van der Waals surface area contributed by atoms with Crippen LogP contribution in [0.4, 0.5) is 0 Å². The number of amides is 9. The molecule has 4 fully saturated rings. The van der Waals surface area contributed by atoms with Crippen molar-refractivity contribution in [3.05, 3.63) is 35.9 Å². The Morgan fingerprint density at radius 2 is 1.44 bits per heavy atom. The molecule has 1 aromatic carbocycles. The average Bonchev–Trinajstić information content (AvgIpc) is 4.12. The zero-order valence-corrected chi connectivity index (χ0v) is 49.9. The number of benzene rings is 1. The molecule has 5 rings (SSSR count). The quantitative estimate of drug-likeness (QED) is 0.0981. The predicted octanol–water partition coefficient (Wildman–Crippen LogP) is 4.43. The molecule has 11 atom stereocenters. The number of ether oxygens (including phenoxy) is 2. The smallest absolute Gasteiger partial charge is 0.336 e. The predicted molar refractivity (Wildman–Crippen MR) is 298 cm³/mol. The Balaban J connectivity index is 1.15. The fourth-order valence-electron chi connectivity index (χ4n) is 11.8. The average molecular weight is 1140 g/mol. The number of methoxy groups -OCH3 is 2. The number of hydrogen-bond donors (Lipinski definition) is 3. The molecule has 80 heavy (non-hydrogen) atoms. The van der Waals surface area contributed by atoms with E-state index in [0.29, 0.717) is 62.1 Å². The van der Waals surface area contributed by atoms with Gasteiger partial charge in [-0.2, -0.15) is 0 Å². The third-order valence-electron chi connectivity index (χ3n) is 16.8. The van der Waals surface area contributed by atoms with Crippen LogP contribution in [0, 0.1) is 35.5 Å². The number of nitrogens with zero attached hydrogens (tertiary/aromatic N) is 5. The minimum absolute atomic E-state index is 0.00515. The van der Waals surface area contributed by atoms with Crippen molar-refractivity contribution in [1.29, 1.82) is 0 Å². The van der Waals surface area contributed by atoms with E-state index in [1.54, 1.807) is 42.8 Å². The number of likely N-dealkylation sites (tertiary alicyclic amines) is 2. The number of aliphatic hydroxyl groups is 1. The van der Waals surface area contributed by atoms with Gasteiger partial charge in [0.25, 0.3) is 11.8 Å². The molecule has 446 valence electrons. The van der Waals surface area contributed by atoms with Crippen molar-refractivity contribution in [2.24, 2.45) is 35.5 Å². The van der Waals surface area contributed by atoms with E-state index in [-0.39, 0.29) is 97.6 Å². The Kier molecular flexibility index (Phi) is 24.5. The molecular weight excluding hydrogens is 1050 g/mol. The highest BCUT2D eigenvalue weighted by atomic mass is 32.2. The van der Waals surface area contributed by atoms with Crippen LogP contribution in [0.3, 0.4) is 0 Å². The van der Waals surface area contributed by atoms with Gasteiger partial charge in [-0.15, -0.1) is 16.8 Å². The van der Waals surface area contributed by atoms with Crippen molar-refractivity contribution in [1.82, 2.24) is 35.3 Å². The van der Waals surface area contributed by atoms with Crippen LogP contribution in [0.2, 0.25) is 0 Å². The monoisotopic (exact) mass is 1140 g/mol. The lowest BCUT2D eigenvalue weighted by atomic mass is 9.82. The summed E-state index contributed by atoms with van der Waals surface area (Å²) < 4.78 is 12.0. The number of carbonyl (C=O) groups excluding carboxylic acids is 10. The van der Waals surface area contributed by atoms with Crippen molar-refractivity contribution in [2.75, 3.05) is 47.2 Å². The van der Waals surface area contributed by atoms with Gasteiger partial charge in [0, 0.05) is 72.8 Å². The van der Waals surface area contributed by atoms with Crippen LogP contribution in [0.5, 0.6) is 0 Å². The molecule has 0 aromatic heterocycles. The fraction of sp³-hybridized carbons (Fsp3) is 0.724. The standard InChI is InChI=1S/C58H89N7O14S/c1-13-35(6)51(42(77-11)30-47(69)63-28-17-20-41(63)53(78-12)36(7)54(72)59-37(8)52(71)39-18-15-14-16-19-39)62(10)57(75)49(33(2)3)60-55(73)50(34(4)5)61(9)44(66)27-29-80-43-31-48(70)64(56(43)74)32-38-21-23-40(24-22-38)58(76)79-65-45(67)25-26-46(65)68/h14-16,18-19,33-38,40-43,49-53,71H,13,17,20-32H2,1-12H3,(H,59,72)(H,60,73)/t35-,36+,37+,38?,40?,41-,42+,43?,49-,50-,51?,52+,53+/m0/s1. The number of hydrogen-bond acceptors (Lipinski definition) is 15. The maximum atomic E-state index is 14.7. The maximum Gasteiger partial charge on any atom is 0.336 e. The van der Waals surface area contributed by atoms with Crippen molar-refractivity contribution < 1.29 is 67.4 Å². The van der Waals surface area contributed by atoms with Gasteiger partial charge < -0.3 is 44.8 Å². The second kappa shape index (κ2) is 30.0. The van der Waals surface area contributed by atoms with E-state index in [1.807, 2.05) is 59.7 Å². The number of rotatable bonds is 28. The third-order valence-corrected chi connectivity index (χ3v) is 18.0. The lowest BCUT2D eigenvalue weighted by Crippen LogP contribution is -2.60. The van der Waals surface area contributed by atoms with Crippen LogP contribution in [-0.4, -0.2) is 184 Å². The van der Waals surface area contributed by atoms with Crippen LogP contribution >= 0.6 is 11.8 Å². The van der Waals surface area contributed by atoms with Gasteiger partial charge in [0.05, 0.1) is 59.9 Å². The van der Waals surface area contributed by atoms with Crippen molar-refractivity contribution >= 4 is 70.9 Å². The van der Waals surface area contributed by atoms with Crippen LogP contribution in [0.1, 0.15) is 144 Å². The van der Waals surface area contributed by atoms with E-state index < -0.39 is 95.2 Å². The van der Waals surface area contributed by atoms with E-state index in [4.69, 9.17) is 14.3 Å². The second-order valence-corrected chi connectivity index (χ2v) is 24.3. The molecule has 0 radical (unpaired) electrons. The number of carbonyl (C=O) groups is 10. The normalized spacial score (nSPS) is 23.1. The Labute approximate surface area is 476 Å².